The van der Waals surface area contributed by atoms with E-state index in [0.717, 1.165) is 18.4 Å². The van der Waals surface area contributed by atoms with Crippen LogP contribution in [0.5, 0.6) is 5.75 Å². The first-order chi connectivity index (χ1) is 11.4. The van der Waals surface area contributed by atoms with Crippen LogP contribution in [0.3, 0.4) is 0 Å². The van der Waals surface area contributed by atoms with Gasteiger partial charge in [0.2, 0.25) is 0 Å². The van der Waals surface area contributed by atoms with Gasteiger partial charge in [0.25, 0.3) is 0 Å². The summed E-state index contributed by atoms with van der Waals surface area (Å²) in [6.07, 6.45) is 12.7. The third-order valence-corrected chi connectivity index (χ3v) is 4.84. The monoisotopic (exact) mass is 356 g/mol. The van der Waals surface area contributed by atoms with Gasteiger partial charge in [0, 0.05) is 0 Å². The molecule has 0 radical (unpaired) electrons. The van der Waals surface area contributed by atoms with E-state index in [1.165, 1.54) is 51.4 Å². The zero-order chi connectivity index (χ0) is 17.8. The predicted molar refractivity (Wildman–Crippen MR) is 99.4 cm³/mol. The van der Waals surface area contributed by atoms with E-state index in [2.05, 4.69) is 13.8 Å². The summed E-state index contributed by atoms with van der Waals surface area (Å²) in [5, 5.41) is 0. The number of unbranched alkanes of at least 4 members (excludes halogenated alkanes) is 8. The highest BCUT2D eigenvalue weighted by Crippen LogP contribution is 2.41. The minimum Gasteiger partial charge on any atom is -0.404 e. The molecule has 0 spiro atoms. The highest BCUT2D eigenvalue weighted by Gasteiger charge is 2.20. The molecule has 0 aliphatic heterocycles. The Kier molecular flexibility index (Phi) is 10.3. The van der Waals surface area contributed by atoms with Crippen molar-refractivity contribution >= 4 is 7.82 Å². The summed E-state index contributed by atoms with van der Waals surface area (Å²) < 4.78 is 15.9. The van der Waals surface area contributed by atoms with Gasteiger partial charge in [-0.25, -0.2) is 4.57 Å². The lowest BCUT2D eigenvalue weighted by Gasteiger charge is -2.17. The Morgan fingerprint density at radius 1 is 0.958 bits per heavy atom. The molecule has 0 saturated carbocycles. The molecule has 0 amide bonds. The lowest BCUT2D eigenvalue weighted by atomic mass is 9.94. The van der Waals surface area contributed by atoms with Crippen LogP contribution in [0.2, 0.25) is 0 Å². The van der Waals surface area contributed by atoms with Crippen LogP contribution in [0.15, 0.2) is 24.3 Å². The highest BCUT2D eigenvalue weighted by atomic mass is 31.2. The zero-order valence-corrected chi connectivity index (χ0v) is 16.0. The van der Waals surface area contributed by atoms with Crippen molar-refractivity contribution in [3.05, 3.63) is 29.8 Å². The highest BCUT2D eigenvalue weighted by molar-refractivity contribution is 7.46. The number of rotatable bonds is 13. The predicted octanol–water partition coefficient (Wildman–Crippen LogP) is 6.18. The Morgan fingerprint density at radius 2 is 1.50 bits per heavy atom. The Bertz CT molecular complexity index is 498. The van der Waals surface area contributed by atoms with Gasteiger partial charge in [0.15, 0.2) is 0 Å². The topological polar surface area (TPSA) is 66.8 Å². The van der Waals surface area contributed by atoms with Crippen LogP contribution in [0.25, 0.3) is 0 Å². The van der Waals surface area contributed by atoms with Crippen molar-refractivity contribution in [2.45, 2.75) is 84.0 Å². The first kappa shape index (κ1) is 21.2. The molecule has 0 heterocycles. The normalized spacial score (nSPS) is 13.0. The van der Waals surface area contributed by atoms with Gasteiger partial charge in [-0.05, 0) is 24.0 Å². The van der Waals surface area contributed by atoms with E-state index >= 15 is 0 Å². The van der Waals surface area contributed by atoms with Crippen LogP contribution in [0.4, 0.5) is 0 Å². The molecule has 0 aliphatic carbocycles. The summed E-state index contributed by atoms with van der Waals surface area (Å²) in [7, 11) is -4.51. The van der Waals surface area contributed by atoms with Crippen LogP contribution in [0, 0.1) is 0 Å². The third-order valence-electron chi connectivity index (χ3n) is 4.41. The van der Waals surface area contributed by atoms with E-state index in [0.29, 0.717) is 5.75 Å². The third kappa shape index (κ3) is 9.46. The standard InChI is InChI=1S/C19H33O4P/c1-3-4-5-6-7-8-9-10-11-14-17(2)18-15-12-13-16-19(18)23-24(20,21)22/h12-13,15-17H,3-11,14H2,1-2H3,(H2,20,21,22). The largest absolute Gasteiger partial charge is 0.524 e. The fourth-order valence-electron chi connectivity index (χ4n) is 3.02. The van der Waals surface area contributed by atoms with Crippen molar-refractivity contribution in [3.8, 4) is 5.75 Å². The first-order valence-electron chi connectivity index (χ1n) is 9.28. The van der Waals surface area contributed by atoms with Crippen molar-refractivity contribution in [1.82, 2.24) is 0 Å². The molecule has 138 valence electrons. The van der Waals surface area contributed by atoms with Gasteiger partial charge in [-0.15, -0.1) is 0 Å². The van der Waals surface area contributed by atoms with Crippen LogP contribution >= 0.6 is 7.82 Å². The van der Waals surface area contributed by atoms with E-state index in [9.17, 15) is 4.57 Å². The molecular formula is C19H33O4P. The number of para-hydroxylation sites is 1. The van der Waals surface area contributed by atoms with E-state index in [-0.39, 0.29) is 5.92 Å². The summed E-state index contributed by atoms with van der Waals surface area (Å²) >= 11 is 0. The number of hydrogen-bond donors (Lipinski definition) is 2. The lowest BCUT2D eigenvalue weighted by molar-refractivity contribution is 0.281. The van der Waals surface area contributed by atoms with Gasteiger partial charge in [0.1, 0.15) is 5.75 Å². The minimum atomic E-state index is -4.51. The molecule has 4 nitrogen and oxygen atoms in total. The molecule has 1 aromatic rings. The number of benzene rings is 1. The summed E-state index contributed by atoms with van der Waals surface area (Å²) in [6, 6.07) is 7.14. The number of hydrogen-bond acceptors (Lipinski definition) is 2. The molecule has 0 aliphatic rings. The second-order valence-corrected chi connectivity index (χ2v) is 7.80. The summed E-state index contributed by atoms with van der Waals surface area (Å²) in [6.45, 7) is 4.33. The fourth-order valence-corrected chi connectivity index (χ4v) is 3.44. The molecular weight excluding hydrogens is 323 g/mol. The molecule has 1 rings (SSSR count). The Labute approximate surface area is 146 Å². The van der Waals surface area contributed by atoms with Gasteiger partial charge in [0.05, 0.1) is 0 Å². The molecule has 0 fully saturated rings. The molecule has 1 atom stereocenters. The van der Waals surface area contributed by atoms with Crippen LogP contribution in [0.1, 0.15) is 89.5 Å². The van der Waals surface area contributed by atoms with Crippen molar-refractivity contribution in [3.63, 3.8) is 0 Å². The van der Waals surface area contributed by atoms with Gasteiger partial charge in [-0.3, -0.25) is 9.79 Å². The van der Waals surface area contributed by atoms with Gasteiger partial charge < -0.3 is 4.52 Å². The molecule has 24 heavy (non-hydrogen) atoms. The fraction of sp³-hybridized carbons (Fsp3) is 0.684. The molecule has 1 unspecified atom stereocenters. The van der Waals surface area contributed by atoms with E-state index < -0.39 is 7.82 Å². The van der Waals surface area contributed by atoms with Crippen LogP contribution in [-0.4, -0.2) is 9.79 Å². The Hall–Kier alpha value is -0.830. The molecule has 0 saturated heterocycles. The summed E-state index contributed by atoms with van der Waals surface area (Å²) in [5.41, 5.74) is 0.875. The Balaban J connectivity index is 2.28. The van der Waals surface area contributed by atoms with Crippen molar-refractivity contribution in [2.24, 2.45) is 0 Å². The van der Waals surface area contributed by atoms with Gasteiger partial charge >= 0.3 is 7.82 Å². The zero-order valence-electron chi connectivity index (χ0n) is 15.1. The first-order valence-corrected chi connectivity index (χ1v) is 10.8. The molecule has 2 N–H and O–H groups in total. The molecule has 1 aromatic carbocycles. The SMILES string of the molecule is CCCCCCCCCCCC(C)c1ccccc1OP(=O)(O)O. The average Bonchev–Trinajstić information content (AvgIpc) is 2.52. The van der Waals surface area contributed by atoms with E-state index in [4.69, 9.17) is 14.3 Å². The van der Waals surface area contributed by atoms with E-state index in [1.807, 2.05) is 12.1 Å². The maximum absolute atomic E-state index is 11.1. The average molecular weight is 356 g/mol. The van der Waals surface area contributed by atoms with E-state index in [1.54, 1.807) is 12.1 Å². The summed E-state index contributed by atoms with van der Waals surface area (Å²) in [5.74, 6) is 0.534. The smallest absolute Gasteiger partial charge is 0.404 e. The van der Waals surface area contributed by atoms with Crippen molar-refractivity contribution in [1.29, 1.82) is 0 Å². The maximum Gasteiger partial charge on any atom is 0.524 e. The second kappa shape index (κ2) is 11.7. The van der Waals surface area contributed by atoms with Crippen LogP contribution < -0.4 is 4.52 Å². The number of phosphoric acid groups is 1. The number of phosphoric ester groups is 1. The molecule has 5 heteroatoms. The molecule has 0 aromatic heterocycles. The van der Waals surface area contributed by atoms with Gasteiger partial charge in [-0.2, -0.15) is 0 Å². The summed E-state index contributed by atoms with van der Waals surface area (Å²) in [4.78, 5) is 18.0. The Morgan fingerprint density at radius 3 is 2.08 bits per heavy atom. The van der Waals surface area contributed by atoms with Crippen molar-refractivity contribution in [2.75, 3.05) is 0 Å². The van der Waals surface area contributed by atoms with Crippen molar-refractivity contribution < 1.29 is 18.9 Å². The maximum atomic E-state index is 11.1. The lowest BCUT2D eigenvalue weighted by Crippen LogP contribution is -1.99. The second-order valence-electron chi connectivity index (χ2n) is 6.64. The quantitative estimate of drug-likeness (QED) is 0.327. The molecule has 0 bridgehead atoms. The van der Waals surface area contributed by atoms with Crippen LogP contribution in [-0.2, 0) is 4.57 Å². The minimum absolute atomic E-state index is 0.234. The van der Waals surface area contributed by atoms with Gasteiger partial charge in [-0.1, -0.05) is 89.8 Å².